The van der Waals surface area contributed by atoms with Gasteiger partial charge >= 0.3 is 0 Å². The number of carbonyl (C=O) groups is 2. The molecule has 1 aromatic rings. The van der Waals surface area contributed by atoms with Gasteiger partial charge in [-0.1, -0.05) is 29.8 Å². The lowest BCUT2D eigenvalue weighted by molar-refractivity contribution is -0.132. The van der Waals surface area contributed by atoms with Crippen LogP contribution in [0.3, 0.4) is 0 Å². The second kappa shape index (κ2) is 6.60. The van der Waals surface area contributed by atoms with Gasteiger partial charge in [-0.05, 0) is 43.0 Å². The fourth-order valence-corrected chi connectivity index (χ4v) is 2.99. The Morgan fingerprint density at radius 1 is 1.48 bits per heavy atom. The van der Waals surface area contributed by atoms with E-state index in [1.54, 1.807) is 4.90 Å². The molecule has 1 fully saturated rings. The molecule has 4 nitrogen and oxygen atoms in total. The number of nitrogens with zero attached hydrogens (tertiary/aromatic N) is 1. The van der Waals surface area contributed by atoms with Crippen LogP contribution in [0.15, 0.2) is 22.7 Å². The summed E-state index contributed by atoms with van der Waals surface area (Å²) in [5.41, 5.74) is 1.92. The van der Waals surface area contributed by atoms with Crippen LogP contribution in [-0.4, -0.2) is 24.9 Å². The van der Waals surface area contributed by atoms with E-state index in [4.69, 9.17) is 0 Å². The van der Waals surface area contributed by atoms with Crippen molar-refractivity contribution in [2.75, 3.05) is 18.0 Å². The fourth-order valence-electron chi connectivity index (χ4n) is 2.51. The highest BCUT2D eigenvalue weighted by molar-refractivity contribution is 9.10. The molecule has 2 amide bonds. The zero-order valence-corrected chi connectivity index (χ0v) is 14.2. The molecule has 0 spiro atoms. The molecule has 1 aromatic carbocycles. The minimum atomic E-state index is -0.549. The van der Waals surface area contributed by atoms with Crippen molar-refractivity contribution in [3.05, 3.63) is 28.2 Å². The predicted octanol–water partition coefficient (Wildman–Crippen LogP) is 2.88. The standard InChI is InChI=1S/C16H21BrN2O2/c1-10(2)9-18-15(20)13-6-7-19(16(13)21)14-5-4-12(17)8-11(14)3/h4-5,8,10,13H,6-7,9H2,1-3H3,(H,18,20). The van der Waals surface area contributed by atoms with Gasteiger partial charge in [-0.25, -0.2) is 0 Å². The highest BCUT2D eigenvalue weighted by atomic mass is 79.9. The van der Waals surface area contributed by atoms with E-state index in [1.807, 2.05) is 39.0 Å². The van der Waals surface area contributed by atoms with Crippen LogP contribution >= 0.6 is 15.9 Å². The first-order valence-corrected chi connectivity index (χ1v) is 8.04. The average Bonchev–Trinajstić information content (AvgIpc) is 2.78. The number of benzene rings is 1. The summed E-state index contributed by atoms with van der Waals surface area (Å²) in [6, 6.07) is 5.82. The van der Waals surface area contributed by atoms with E-state index in [-0.39, 0.29) is 11.8 Å². The Hall–Kier alpha value is -1.36. The summed E-state index contributed by atoms with van der Waals surface area (Å²) in [5.74, 6) is -0.408. The molecule has 21 heavy (non-hydrogen) atoms. The molecule has 0 radical (unpaired) electrons. The second-order valence-corrected chi connectivity index (χ2v) is 6.82. The van der Waals surface area contributed by atoms with Gasteiger partial charge in [0.25, 0.3) is 0 Å². The molecule has 0 saturated carbocycles. The van der Waals surface area contributed by atoms with Crippen LogP contribution in [0.25, 0.3) is 0 Å². The largest absolute Gasteiger partial charge is 0.355 e. The van der Waals surface area contributed by atoms with E-state index in [1.165, 1.54) is 0 Å². The number of hydrogen-bond acceptors (Lipinski definition) is 2. The SMILES string of the molecule is Cc1cc(Br)ccc1N1CCC(C(=O)NCC(C)C)C1=O. The summed E-state index contributed by atoms with van der Waals surface area (Å²) in [7, 11) is 0. The van der Waals surface area contributed by atoms with Gasteiger partial charge in [-0.2, -0.15) is 0 Å². The van der Waals surface area contributed by atoms with E-state index in [0.29, 0.717) is 25.4 Å². The molecule has 0 aliphatic carbocycles. The van der Waals surface area contributed by atoms with Gasteiger partial charge in [0, 0.05) is 23.2 Å². The Bertz CT molecular complexity index is 557. The van der Waals surface area contributed by atoms with Crippen molar-refractivity contribution in [2.45, 2.75) is 27.2 Å². The van der Waals surface area contributed by atoms with E-state index in [9.17, 15) is 9.59 Å². The monoisotopic (exact) mass is 352 g/mol. The van der Waals surface area contributed by atoms with Crippen molar-refractivity contribution in [1.29, 1.82) is 0 Å². The third kappa shape index (κ3) is 3.64. The third-order valence-corrected chi connectivity index (χ3v) is 4.15. The predicted molar refractivity (Wildman–Crippen MR) is 87.2 cm³/mol. The summed E-state index contributed by atoms with van der Waals surface area (Å²) in [6.07, 6.45) is 0.582. The van der Waals surface area contributed by atoms with Crippen molar-refractivity contribution in [1.82, 2.24) is 5.32 Å². The lowest BCUT2D eigenvalue weighted by Crippen LogP contribution is -2.38. The van der Waals surface area contributed by atoms with Crippen molar-refractivity contribution >= 4 is 33.4 Å². The maximum atomic E-state index is 12.5. The van der Waals surface area contributed by atoms with Crippen molar-refractivity contribution in [3.63, 3.8) is 0 Å². The molecule has 1 aliphatic heterocycles. The maximum absolute atomic E-state index is 12.5. The smallest absolute Gasteiger partial charge is 0.239 e. The normalized spacial score (nSPS) is 18.4. The Labute approximate surface area is 134 Å². The highest BCUT2D eigenvalue weighted by Crippen LogP contribution is 2.29. The van der Waals surface area contributed by atoms with Gasteiger partial charge in [0.2, 0.25) is 11.8 Å². The van der Waals surface area contributed by atoms with Gasteiger partial charge in [-0.3, -0.25) is 9.59 Å². The summed E-state index contributed by atoms with van der Waals surface area (Å²) in [6.45, 7) is 7.25. The number of carbonyl (C=O) groups excluding carboxylic acids is 2. The van der Waals surface area contributed by atoms with Crippen LogP contribution in [0, 0.1) is 18.8 Å². The van der Waals surface area contributed by atoms with Gasteiger partial charge in [0.1, 0.15) is 5.92 Å². The minimum absolute atomic E-state index is 0.0957. The molecule has 1 unspecified atom stereocenters. The first kappa shape index (κ1) is 16.0. The number of aryl methyl sites for hydroxylation is 1. The number of hydrogen-bond donors (Lipinski definition) is 1. The van der Waals surface area contributed by atoms with Crippen LogP contribution in [0.5, 0.6) is 0 Å². The molecule has 1 N–H and O–H groups in total. The van der Waals surface area contributed by atoms with E-state index in [2.05, 4.69) is 21.2 Å². The average molecular weight is 353 g/mol. The lowest BCUT2D eigenvalue weighted by atomic mass is 10.1. The molecule has 1 aliphatic rings. The van der Waals surface area contributed by atoms with E-state index < -0.39 is 5.92 Å². The fraction of sp³-hybridized carbons (Fsp3) is 0.500. The topological polar surface area (TPSA) is 49.4 Å². The first-order valence-electron chi connectivity index (χ1n) is 7.25. The van der Waals surface area contributed by atoms with E-state index >= 15 is 0 Å². The zero-order chi connectivity index (χ0) is 15.6. The molecular formula is C16H21BrN2O2. The Morgan fingerprint density at radius 2 is 2.19 bits per heavy atom. The summed E-state index contributed by atoms with van der Waals surface area (Å²) >= 11 is 3.42. The Balaban J connectivity index is 2.09. The highest BCUT2D eigenvalue weighted by Gasteiger charge is 2.37. The summed E-state index contributed by atoms with van der Waals surface area (Å²) < 4.78 is 0.988. The second-order valence-electron chi connectivity index (χ2n) is 5.90. The molecule has 1 saturated heterocycles. The first-order chi connectivity index (χ1) is 9.90. The van der Waals surface area contributed by atoms with Crippen molar-refractivity contribution < 1.29 is 9.59 Å². The minimum Gasteiger partial charge on any atom is -0.355 e. The van der Waals surface area contributed by atoms with Gasteiger partial charge in [-0.15, -0.1) is 0 Å². The number of rotatable bonds is 4. The number of amides is 2. The van der Waals surface area contributed by atoms with Crippen LogP contribution in [0.4, 0.5) is 5.69 Å². The Kier molecular flexibility index (Phi) is 5.04. The van der Waals surface area contributed by atoms with Gasteiger partial charge in [0.15, 0.2) is 0 Å². The van der Waals surface area contributed by atoms with Crippen LogP contribution in [0.1, 0.15) is 25.8 Å². The molecular weight excluding hydrogens is 332 g/mol. The number of halogens is 1. The molecule has 0 bridgehead atoms. The molecule has 5 heteroatoms. The Morgan fingerprint density at radius 3 is 2.81 bits per heavy atom. The summed E-state index contributed by atoms with van der Waals surface area (Å²) in [5, 5.41) is 2.86. The third-order valence-electron chi connectivity index (χ3n) is 3.66. The van der Waals surface area contributed by atoms with Crippen LogP contribution in [0.2, 0.25) is 0 Å². The maximum Gasteiger partial charge on any atom is 0.239 e. The lowest BCUT2D eigenvalue weighted by Gasteiger charge is -2.19. The molecule has 114 valence electrons. The van der Waals surface area contributed by atoms with Crippen LogP contribution in [-0.2, 0) is 9.59 Å². The van der Waals surface area contributed by atoms with Crippen molar-refractivity contribution in [2.24, 2.45) is 11.8 Å². The molecule has 1 heterocycles. The molecule has 0 aromatic heterocycles. The van der Waals surface area contributed by atoms with Gasteiger partial charge in [0.05, 0.1) is 0 Å². The van der Waals surface area contributed by atoms with Crippen molar-refractivity contribution in [3.8, 4) is 0 Å². The number of anilines is 1. The van der Waals surface area contributed by atoms with Crippen LogP contribution < -0.4 is 10.2 Å². The zero-order valence-electron chi connectivity index (χ0n) is 12.6. The number of nitrogens with one attached hydrogen (secondary N) is 1. The quantitative estimate of drug-likeness (QED) is 0.847. The van der Waals surface area contributed by atoms with Gasteiger partial charge < -0.3 is 10.2 Å². The molecule has 1 atom stereocenters. The summed E-state index contributed by atoms with van der Waals surface area (Å²) in [4.78, 5) is 26.3. The van der Waals surface area contributed by atoms with E-state index in [0.717, 1.165) is 15.7 Å². The molecule has 2 rings (SSSR count).